The molecule has 2 aromatic heterocycles. The Labute approximate surface area is 160 Å². The van der Waals surface area contributed by atoms with E-state index in [0.717, 1.165) is 25.7 Å². The van der Waals surface area contributed by atoms with Crippen molar-refractivity contribution in [2.24, 2.45) is 0 Å². The topological polar surface area (TPSA) is 139 Å². The number of nitro benzene ring substituents is 1. The molecular weight excluding hydrogens is 362 g/mol. The molecule has 3 aromatic rings. The third-order valence-corrected chi connectivity index (χ3v) is 4.73. The number of aromatic nitrogens is 4. The molecule has 0 spiro atoms. The first kappa shape index (κ1) is 18.0. The van der Waals surface area contributed by atoms with Crippen LogP contribution in [0.5, 0.6) is 0 Å². The minimum Gasteiger partial charge on any atom is -0.393 e. The van der Waals surface area contributed by atoms with Gasteiger partial charge >= 0.3 is 0 Å². The second-order valence-electron chi connectivity index (χ2n) is 6.73. The number of nitrogens with one attached hydrogen (secondary N) is 2. The molecule has 3 N–H and O–H groups in total. The van der Waals surface area contributed by atoms with Crippen LogP contribution >= 0.6 is 0 Å². The Bertz CT molecular complexity index is 1010. The lowest BCUT2D eigenvalue weighted by Gasteiger charge is -2.26. The van der Waals surface area contributed by atoms with Gasteiger partial charge in [-0.15, -0.1) is 0 Å². The Hall–Kier alpha value is -3.40. The van der Waals surface area contributed by atoms with Crippen molar-refractivity contribution in [3.63, 3.8) is 0 Å². The van der Waals surface area contributed by atoms with Gasteiger partial charge in [0.2, 0.25) is 5.95 Å². The molecule has 0 aliphatic heterocycles. The number of hydrogen-bond acceptors (Lipinski definition) is 9. The summed E-state index contributed by atoms with van der Waals surface area (Å²) in [5.74, 6) is 0.904. The van der Waals surface area contributed by atoms with Gasteiger partial charge in [-0.1, -0.05) is 6.07 Å². The number of non-ortho nitro benzene ring substituents is 1. The molecule has 0 bridgehead atoms. The summed E-state index contributed by atoms with van der Waals surface area (Å²) < 4.78 is 0. The predicted octanol–water partition coefficient (Wildman–Crippen LogP) is 2.79. The summed E-state index contributed by atoms with van der Waals surface area (Å²) in [4.78, 5) is 27.8. The van der Waals surface area contributed by atoms with Gasteiger partial charge < -0.3 is 15.7 Å². The van der Waals surface area contributed by atoms with Crippen molar-refractivity contribution in [2.75, 3.05) is 10.6 Å². The van der Waals surface area contributed by atoms with Gasteiger partial charge in [0.25, 0.3) is 5.69 Å². The van der Waals surface area contributed by atoms with Crippen LogP contribution in [-0.4, -0.2) is 42.1 Å². The largest absolute Gasteiger partial charge is 0.393 e. The molecule has 0 unspecified atom stereocenters. The molecular formula is C18H19N7O3. The van der Waals surface area contributed by atoms with Gasteiger partial charge in [0, 0.05) is 23.9 Å². The van der Waals surface area contributed by atoms with E-state index in [0.29, 0.717) is 28.5 Å². The van der Waals surface area contributed by atoms with Crippen LogP contribution in [-0.2, 0) is 0 Å². The summed E-state index contributed by atoms with van der Waals surface area (Å²) in [6, 6.07) is 6.38. The number of rotatable bonds is 5. The van der Waals surface area contributed by atoms with E-state index in [4.69, 9.17) is 0 Å². The maximum absolute atomic E-state index is 11.0. The van der Waals surface area contributed by atoms with Gasteiger partial charge in [-0.25, -0.2) is 19.9 Å². The average molecular weight is 381 g/mol. The zero-order chi connectivity index (χ0) is 19.5. The van der Waals surface area contributed by atoms with Gasteiger partial charge in [0.15, 0.2) is 5.82 Å². The van der Waals surface area contributed by atoms with E-state index in [-0.39, 0.29) is 17.8 Å². The Morgan fingerprint density at radius 1 is 1.14 bits per heavy atom. The third-order valence-electron chi connectivity index (χ3n) is 4.73. The lowest BCUT2D eigenvalue weighted by atomic mass is 9.93. The first-order valence-corrected chi connectivity index (χ1v) is 9.02. The first-order valence-electron chi connectivity index (χ1n) is 9.02. The fourth-order valence-corrected chi connectivity index (χ4v) is 3.25. The van der Waals surface area contributed by atoms with Crippen LogP contribution < -0.4 is 10.6 Å². The fourth-order valence-electron chi connectivity index (χ4n) is 3.25. The van der Waals surface area contributed by atoms with Crippen molar-refractivity contribution >= 4 is 34.2 Å². The fraction of sp³-hybridized carbons (Fsp3) is 0.333. The predicted molar refractivity (Wildman–Crippen MR) is 103 cm³/mol. The van der Waals surface area contributed by atoms with Crippen LogP contribution in [0.4, 0.5) is 23.1 Å². The van der Waals surface area contributed by atoms with Crippen LogP contribution in [0.25, 0.3) is 11.0 Å². The minimum atomic E-state index is -0.450. The average Bonchev–Trinajstić information content (AvgIpc) is 2.70. The Morgan fingerprint density at radius 2 is 1.96 bits per heavy atom. The molecule has 10 heteroatoms. The van der Waals surface area contributed by atoms with Crippen molar-refractivity contribution in [1.82, 2.24) is 19.9 Å². The second kappa shape index (κ2) is 7.69. The van der Waals surface area contributed by atoms with Crippen molar-refractivity contribution < 1.29 is 10.0 Å². The van der Waals surface area contributed by atoms with E-state index in [9.17, 15) is 15.2 Å². The highest BCUT2D eigenvalue weighted by Crippen LogP contribution is 2.25. The van der Waals surface area contributed by atoms with Crippen molar-refractivity contribution in [1.29, 1.82) is 0 Å². The second-order valence-corrected chi connectivity index (χ2v) is 6.73. The third kappa shape index (κ3) is 3.96. The number of aliphatic hydroxyl groups excluding tert-OH is 1. The summed E-state index contributed by atoms with van der Waals surface area (Å²) in [6.07, 6.45) is 6.00. The molecule has 1 fully saturated rings. The molecule has 0 radical (unpaired) electrons. The number of fused-ring (bicyclic) bond motifs is 1. The molecule has 2 heterocycles. The molecule has 1 aliphatic carbocycles. The lowest BCUT2D eigenvalue weighted by Crippen LogP contribution is -2.28. The van der Waals surface area contributed by atoms with Crippen molar-refractivity contribution in [3.8, 4) is 0 Å². The van der Waals surface area contributed by atoms with Crippen LogP contribution in [0.1, 0.15) is 25.7 Å². The van der Waals surface area contributed by atoms with Crippen molar-refractivity contribution in [3.05, 3.63) is 46.9 Å². The maximum atomic E-state index is 11.0. The van der Waals surface area contributed by atoms with Crippen LogP contribution in [0.3, 0.4) is 0 Å². The molecule has 0 atom stereocenters. The standard InChI is InChI=1S/C18H19N7O3/c26-14-6-4-11(5-7-14)23-18-19-9-15-16(24-18)17(21-10-20-15)22-12-2-1-3-13(8-12)25(27)28/h1-3,8-11,14,26H,4-7H2,(H,19,23,24)(H,20,21,22). The van der Waals surface area contributed by atoms with Crippen molar-refractivity contribution in [2.45, 2.75) is 37.8 Å². The molecule has 1 aliphatic rings. The Morgan fingerprint density at radius 3 is 2.75 bits per heavy atom. The lowest BCUT2D eigenvalue weighted by molar-refractivity contribution is -0.384. The molecule has 4 rings (SSSR count). The highest BCUT2D eigenvalue weighted by Gasteiger charge is 2.20. The summed E-state index contributed by atoms with van der Waals surface area (Å²) in [7, 11) is 0. The van der Waals surface area contributed by atoms with E-state index in [1.165, 1.54) is 18.5 Å². The van der Waals surface area contributed by atoms with Gasteiger partial charge in [-0.2, -0.15) is 0 Å². The highest BCUT2D eigenvalue weighted by atomic mass is 16.6. The first-order chi connectivity index (χ1) is 13.6. The zero-order valence-corrected chi connectivity index (χ0v) is 14.9. The molecule has 0 amide bonds. The number of nitro groups is 1. The molecule has 0 saturated heterocycles. The SMILES string of the molecule is O=[N+]([O-])c1cccc(Nc2ncnc3cnc(NC4CCC(O)CC4)nc23)c1. The number of anilines is 3. The monoisotopic (exact) mass is 381 g/mol. The van der Waals surface area contributed by atoms with Gasteiger partial charge in [-0.3, -0.25) is 10.1 Å². The molecule has 1 saturated carbocycles. The number of benzene rings is 1. The molecule has 1 aromatic carbocycles. The van der Waals surface area contributed by atoms with Crippen LogP contribution in [0.2, 0.25) is 0 Å². The number of nitrogens with zero attached hydrogens (tertiary/aromatic N) is 5. The normalized spacial score (nSPS) is 19.3. The minimum absolute atomic E-state index is 0.0140. The van der Waals surface area contributed by atoms with E-state index < -0.39 is 4.92 Å². The summed E-state index contributed by atoms with van der Waals surface area (Å²) >= 11 is 0. The van der Waals surface area contributed by atoms with E-state index in [1.807, 2.05) is 0 Å². The van der Waals surface area contributed by atoms with Gasteiger partial charge in [-0.05, 0) is 31.7 Å². The van der Waals surface area contributed by atoms with Crippen LogP contribution in [0.15, 0.2) is 36.8 Å². The maximum Gasteiger partial charge on any atom is 0.271 e. The highest BCUT2D eigenvalue weighted by molar-refractivity contribution is 5.87. The molecule has 10 nitrogen and oxygen atoms in total. The quantitative estimate of drug-likeness (QED) is 0.449. The Kier molecular flexibility index (Phi) is 4.94. The van der Waals surface area contributed by atoms with Gasteiger partial charge in [0.05, 0.1) is 17.2 Å². The zero-order valence-electron chi connectivity index (χ0n) is 14.9. The Balaban J connectivity index is 1.60. The number of aliphatic hydroxyl groups is 1. The van der Waals surface area contributed by atoms with E-state index >= 15 is 0 Å². The van der Waals surface area contributed by atoms with Crippen LogP contribution in [0, 0.1) is 10.1 Å². The molecule has 28 heavy (non-hydrogen) atoms. The van der Waals surface area contributed by atoms with E-state index in [2.05, 4.69) is 30.6 Å². The van der Waals surface area contributed by atoms with Gasteiger partial charge in [0.1, 0.15) is 17.4 Å². The number of hydrogen-bond donors (Lipinski definition) is 3. The summed E-state index contributed by atoms with van der Waals surface area (Å²) in [5, 5.41) is 27.0. The smallest absolute Gasteiger partial charge is 0.271 e. The van der Waals surface area contributed by atoms with E-state index in [1.54, 1.807) is 18.3 Å². The summed E-state index contributed by atoms with van der Waals surface area (Å²) in [5.41, 5.74) is 1.60. The molecule has 144 valence electrons. The summed E-state index contributed by atoms with van der Waals surface area (Å²) in [6.45, 7) is 0.